The number of benzene rings is 1. The minimum Gasteiger partial charge on any atom is -0.478 e. The van der Waals surface area contributed by atoms with Crippen LogP contribution >= 0.6 is 23.2 Å². The Morgan fingerprint density at radius 2 is 1.81 bits per heavy atom. The van der Waals surface area contributed by atoms with Gasteiger partial charge in [0.15, 0.2) is 0 Å². The number of carbonyl (C=O) groups is 1. The maximum Gasteiger partial charge on any atom is 0.337 e. The molecule has 2 N–H and O–H groups in total. The predicted octanol–water partition coefficient (Wildman–Crippen LogP) is 3.55. The third kappa shape index (κ3) is 4.10. The van der Waals surface area contributed by atoms with Gasteiger partial charge in [0, 0.05) is 10.6 Å². The molecule has 0 saturated carbocycles. The molecule has 0 heterocycles. The maximum absolute atomic E-state index is 12.5. The normalized spacial score (nSPS) is 12.4. The number of carboxylic acids is 1. The Hall–Kier alpha value is -0.820. The molecule has 0 aliphatic carbocycles. The molecule has 5 nitrogen and oxygen atoms in total. The lowest BCUT2D eigenvalue weighted by Crippen LogP contribution is -2.44. The van der Waals surface area contributed by atoms with Crippen LogP contribution in [0.1, 0.15) is 44.0 Å². The molecule has 0 bridgehead atoms. The molecule has 0 aliphatic rings. The number of halogens is 2. The van der Waals surface area contributed by atoms with Crippen molar-refractivity contribution in [2.45, 2.75) is 44.0 Å². The van der Waals surface area contributed by atoms with Gasteiger partial charge in [-0.1, -0.05) is 37.0 Å². The van der Waals surface area contributed by atoms with Gasteiger partial charge in [0.1, 0.15) is 4.90 Å². The fourth-order valence-electron chi connectivity index (χ4n) is 1.69. The van der Waals surface area contributed by atoms with Crippen LogP contribution in [0.15, 0.2) is 17.0 Å². The molecule has 1 aromatic carbocycles. The minimum absolute atomic E-state index is 0.00752. The van der Waals surface area contributed by atoms with Crippen LogP contribution in [0.2, 0.25) is 10.0 Å². The highest BCUT2D eigenvalue weighted by Crippen LogP contribution is 2.31. The van der Waals surface area contributed by atoms with E-state index in [2.05, 4.69) is 4.72 Å². The van der Waals surface area contributed by atoms with Gasteiger partial charge in [0.25, 0.3) is 0 Å². The largest absolute Gasteiger partial charge is 0.478 e. The molecule has 1 aromatic rings. The lowest BCUT2D eigenvalue weighted by molar-refractivity contribution is 0.0697. The smallest absolute Gasteiger partial charge is 0.337 e. The molecule has 0 spiro atoms. The Morgan fingerprint density at radius 1 is 1.29 bits per heavy atom. The van der Waals surface area contributed by atoms with E-state index in [1.54, 1.807) is 6.92 Å². The van der Waals surface area contributed by atoms with Gasteiger partial charge < -0.3 is 5.11 Å². The summed E-state index contributed by atoms with van der Waals surface area (Å²) in [5.74, 6) is -1.34. The molecule has 21 heavy (non-hydrogen) atoms. The number of hydrogen-bond donors (Lipinski definition) is 2. The van der Waals surface area contributed by atoms with Gasteiger partial charge in [-0.15, -0.1) is 0 Å². The number of carboxylic acid groups (broad SMARTS) is 1. The van der Waals surface area contributed by atoms with Crippen LogP contribution in [0.25, 0.3) is 0 Å². The zero-order valence-electron chi connectivity index (χ0n) is 11.9. The highest BCUT2D eigenvalue weighted by Gasteiger charge is 2.30. The summed E-state index contributed by atoms with van der Waals surface area (Å²) in [7, 11) is -3.98. The van der Waals surface area contributed by atoms with Crippen molar-refractivity contribution in [3.63, 3.8) is 0 Å². The maximum atomic E-state index is 12.5. The van der Waals surface area contributed by atoms with Crippen molar-refractivity contribution < 1.29 is 18.3 Å². The first kappa shape index (κ1) is 18.2. The highest BCUT2D eigenvalue weighted by atomic mass is 35.5. The van der Waals surface area contributed by atoms with Gasteiger partial charge in [0.2, 0.25) is 10.0 Å². The topological polar surface area (TPSA) is 83.5 Å². The first-order valence-electron chi connectivity index (χ1n) is 6.32. The van der Waals surface area contributed by atoms with Gasteiger partial charge in [-0.25, -0.2) is 17.9 Å². The molecule has 0 saturated heterocycles. The molecular weight excluding hydrogens is 337 g/mol. The summed E-state index contributed by atoms with van der Waals surface area (Å²) >= 11 is 11.7. The number of aromatic carboxylic acids is 1. The van der Waals surface area contributed by atoms with Crippen LogP contribution in [0.4, 0.5) is 0 Å². The zero-order chi connectivity index (χ0) is 16.4. The summed E-state index contributed by atoms with van der Waals surface area (Å²) in [5.41, 5.74) is -0.993. The Kier molecular flexibility index (Phi) is 5.66. The van der Waals surface area contributed by atoms with E-state index >= 15 is 0 Å². The second-order valence-corrected chi connectivity index (χ2v) is 7.41. The summed E-state index contributed by atoms with van der Waals surface area (Å²) in [6.45, 7) is 5.48. The quantitative estimate of drug-likeness (QED) is 0.818. The standard InChI is InChI=1S/C13H17Cl2NO4S/c1-4-13(3,5-2)16-21(19,20)10-7-8(14)6-9(11(10)15)12(17)18/h6-7,16H,4-5H2,1-3H3,(H,17,18). The SMILES string of the molecule is CCC(C)(CC)NS(=O)(=O)c1cc(Cl)cc(C(=O)O)c1Cl. The zero-order valence-corrected chi connectivity index (χ0v) is 14.2. The van der Waals surface area contributed by atoms with Gasteiger partial charge in [0.05, 0.1) is 10.6 Å². The fraction of sp³-hybridized carbons (Fsp3) is 0.462. The van der Waals surface area contributed by atoms with E-state index < -0.39 is 21.5 Å². The molecule has 0 aliphatic heterocycles. The van der Waals surface area contributed by atoms with Crippen LogP contribution in [-0.2, 0) is 10.0 Å². The van der Waals surface area contributed by atoms with E-state index in [9.17, 15) is 13.2 Å². The predicted molar refractivity (Wildman–Crippen MR) is 82.7 cm³/mol. The second-order valence-electron chi connectivity index (χ2n) is 4.94. The molecule has 0 radical (unpaired) electrons. The Morgan fingerprint density at radius 3 is 2.24 bits per heavy atom. The lowest BCUT2D eigenvalue weighted by Gasteiger charge is -2.28. The van der Waals surface area contributed by atoms with E-state index in [0.29, 0.717) is 12.8 Å². The van der Waals surface area contributed by atoms with Gasteiger partial charge >= 0.3 is 5.97 Å². The van der Waals surface area contributed by atoms with Crippen LogP contribution in [0, 0.1) is 0 Å². The van der Waals surface area contributed by atoms with Crippen molar-refractivity contribution in [1.82, 2.24) is 4.72 Å². The van der Waals surface area contributed by atoms with Gasteiger partial charge in [-0.2, -0.15) is 0 Å². The van der Waals surface area contributed by atoms with Crippen molar-refractivity contribution in [3.05, 3.63) is 27.7 Å². The Bertz CT molecular complexity index is 654. The van der Waals surface area contributed by atoms with Gasteiger partial charge in [-0.05, 0) is 31.9 Å². The van der Waals surface area contributed by atoms with Gasteiger partial charge in [-0.3, -0.25) is 0 Å². The van der Waals surface area contributed by atoms with E-state index in [1.165, 1.54) is 0 Å². The molecule has 8 heteroatoms. The molecule has 0 aromatic heterocycles. The molecule has 118 valence electrons. The average Bonchev–Trinajstić information content (AvgIpc) is 2.39. The second kappa shape index (κ2) is 6.52. The third-order valence-electron chi connectivity index (χ3n) is 3.47. The highest BCUT2D eigenvalue weighted by molar-refractivity contribution is 7.89. The monoisotopic (exact) mass is 353 g/mol. The summed E-state index contributed by atoms with van der Waals surface area (Å²) in [6, 6.07) is 2.26. The van der Waals surface area contributed by atoms with E-state index in [0.717, 1.165) is 12.1 Å². The van der Waals surface area contributed by atoms with Crippen LogP contribution in [0.3, 0.4) is 0 Å². The summed E-state index contributed by atoms with van der Waals surface area (Å²) < 4.78 is 27.5. The van der Waals surface area contributed by atoms with Crippen LogP contribution < -0.4 is 4.72 Å². The Labute approximate surface area is 134 Å². The summed E-state index contributed by atoms with van der Waals surface area (Å²) in [4.78, 5) is 10.8. The van der Waals surface area contributed by atoms with Crippen molar-refractivity contribution in [1.29, 1.82) is 0 Å². The molecule has 0 atom stereocenters. The van der Waals surface area contributed by atoms with Crippen molar-refractivity contribution in [2.24, 2.45) is 0 Å². The van der Waals surface area contributed by atoms with Crippen LogP contribution in [-0.4, -0.2) is 25.0 Å². The van der Waals surface area contributed by atoms with E-state index in [-0.39, 0.29) is 20.5 Å². The molecule has 0 fully saturated rings. The average molecular weight is 354 g/mol. The first-order valence-corrected chi connectivity index (χ1v) is 8.56. The summed E-state index contributed by atoms with van der Waals surface area (Å²) in [5, 5.41) is 8.69. The van der Waals surface area contributed by atoms with E-state index in [1.807, 2.05) is 13.8 Å². The van der Waals surface area contributed by atoms with E-state index in [4.69, 9.17) is 28.3 Å². The van der Waals surface area contributed by atoms with Crippen LogP contribution in [0.5, 0.6) is 0 Å². The molecule has 1 rings (SSSR count). The number of nitrogens with one attached hydrogen (secondary N) is 1. The lowest BCUT2D eigenvalue weighted by atomic mass is 9.98. The number of rotatable bonds is 6. The van der Waals surface area contributed by atoms with Crippen molar-refractivity contribution in [2.75, 3.05) is 0 Å². The molecular formula is C13H17Cl2NO4S. The fourth-order valence-corrected chi connectivity index (χ4v) is 4.14. The molecule has 0 unspecified atom stereocenters. The molecule has 0 amide bonds. The summed E-state index contributed by atoms with van der Waals surface area (Å²) in [6.07, 6.45) is 1.15. The third-order valence-corrected chi connectivity index (χ3v) is 5.87. The number of sulfonamides is 1. The Balaban J connectivity index is 3.42. The minimum atomic E-state index is -3.98. The first-order chi connectivity index (χ1) is 9.56. The number of hydrogen-bond acceptors (Lipinski definition) is 3. The van der Waals surface area contributed by atoms with Crippen molar-refractivity contribution in [3.8, 4) is 0 Å². The van der Waals surface area contributed by atoms with Crippen molar-refractivity contribution >= 4 is 39.2 Å².